The van der Waals surface area contributed by atoms with Gasteiger partial charge in [0.1, 0.15) is 0 Å². The highest BCUT2D eigenvalue weighted by Gasteiger charge is 2.37. The molecule has 1 heterocycles. The molecule has 4 nitrogen and oxygen atoms in total. The van der Waals surface area contributed by atoms with Crippen LogP contribution in [0.15, 0.2) is 0 Å². The van der Waals surface area contributed by atoms with Crippen LogP contribution in [-0.2, 0) is 4.79 Å². The molecule has 4 heteroatoms. The van der Waals surface area contributed by atoms with Gasteiger partial charge < -0.3 is 10.4 Å². The summed E-state index contributed by atoms with van der Waals surface area (Å²) < 4.78 is 0. The molecule has 20 heavy (non-hydrogen) atoms. The van der Waals surface area contributed by atoms with E-state index in [1.165, 1.54) is 32.1 Å². The smallest absolute Gasteiger partial charge is 0.224 e. The van der Waals surface area contributed by atoms with Crippen molar-refractivity contribution in [2.45, 2.75) is 69.4 Å². The minimum atomic E-state index is -0.600. The molecule has 1 amide bonds. The standard InChI is InChI=1S/C16H28N2O2/c19-15(17-12-16(20)8-4-9-16)13-7-10-18(11-13)14-5-2-1-3-6-14/h13-14,20H,1-12H2,(H,17,19). The number of likely N-dealkylation sites (tertiary alicyclic amines) is 1. The van der Waals surface area contributed by atoms with Gasteiger partial charge in [-0.05, 0) is 45.1 Å². The first-order chi connectivity index (χ1) is 9.66. The van der Waals surface area contributed by atoms with Crippen LogP contribution in [0.5, 0.6) is 0 Å². The van der Waals surface area contributed by atoms with Gasteiger partial charge in [0.05, 0.1) is 11.5 Å². The van der Waals surface area contributed by atoms with Gasteiger partial charge in [0.15, 0.2) is 0 Å². The molecule has 2 aliphatic carbocycles. The van der Waals surface area contributed by atoms with E-state index in [0.717, 1.165) is 44.8 Å². The molecule has 0 spiro atoms. The van der Waals surface area contributed by atoms with E-state index >= 15 is 0 Å². The van der Waals surface area contributed by atoms with Crippen molar-refractivity contribution in [3.8, 4) is 0 Å². The highest BCUT2D eigenvalue weighted by atomic mass is 16.3. The van der Waals surface area contributed by atoms with Crippen molar-refractivity contribution in [3.63, 3.8) is 0 Å². The number of rotatable bonds is 4. The van der Waals surface area contributed by atoms with Crippen LogP contribution < -0.4 is 5.32 Å². The van der Waals surface area contributed by atoms with E-state index in [0.29, 0.717) is 6.54 Å². The first-order valence-corrected chi connectivity index (χ1v) is 8.40. The molecule has 2 N–H and O–H groups in total. The molecule has 114 valence electrons. The molecule has 0 aromatic rings. The minimum Gasteiger partial charge on any atom is -0.388 e. The van der Waals surface area contributed by atoms with Crippen molar-refractivity contribution in [3.05, 3.63) is 0 Å². The Morgan fingerprint density at radius 3 is 2.55 bits per heavy atom. The van der Waals surface area contributed by atoms with Gasteiger partial charge in [-0.15, -0.1) is 0 Å². The second-order valence-electron chi connectivity index (χ2n) is 7.07. The van der Waals surface area contributed by atoms with Crippen molar-refractivity contribution in [2.75, 3.05) is 19.6 Å². The highest BCUT2D eigenvalue weighted by molar-refractivity contribution is 5.79. The maximum atomic E-state index is 12.2. The van der Waals surface area contributed by atoms with Gasteiger partial charge in [-0.2, -0.15) is 0 Å². The Hall–Kier alpha value is -0.610. The van der Waals surface area contributed by atoms with Gasteiger partial charge in [-0.3, -0.25) is 9.69 Å². The van der Waals surface area contributed by atoms with E-state index in [9.17, 15) is 9.90 Å². The lowest BCUT2D eigenvalue weighted by atomic mass is 9.80. The molecular weight excluding hydrogens is 252 g/mol. The number of carbonyl (C=O) groups is 1. The lowest BCUT2D eigenvalue weighted by Crippen LogP contribution is -2.49. The summed E-state index contributed by atoms with van der Waals surface area (Å²) in [5.41, 5.74) is -0.600. The molecule has 0 aromatic carbocycles. The first-order valence-electron chi connectivity index (χ1n) is 8.40. The zero-order valence-electron chi connectivity index (χ0n) is 12.4. The summed E-state index contributed by atoms with van der Waals surface area (Å²) in [4.78, 5) is 14.7. The van der Waals surface area contributed by atoms with Gasteiger partial charge in [0, 0.05) is 19.1 Å². The summed E-state index contributed by atoms with van der Waals surface area (Å²) in [5, 5.41) is 13.0. The third-order valence-corrected chi connectivity index (χ3v) is 5.56. The van der Waals surface area contributed by atoms with Crippen molar-refractivity contribution >= 4 is 5.91 Å². The van der Waals surface area contributed by atoms with Crippen LogP contribution in [0.1, 0.15) is 57.8 Å². The molecule has 1 atom stereocenters. The topological polar surface area (TPSA) is 52.6 Å². The van der Waals surface area contributed by atoms with Crippen LogP contribution in [0.2, 0.25) is 0 Å². The number of amides is 1. The summed E-state index contributed by atoms with van der Waals surface area (Å²) in [6.45, 7) is 2.45. The molecular formula is C16H28N2O2. The lowest BCUT2D eigenvalue weighted by Gasteiger charge is -2.36. The van der Waals surface area contributed by atoms with E-state index in [1.807, 2.05) is 0 Å². The monoisotopic (exact) mass is 280 g/mol. The van der Waals surface area contributed by atoms with Crippen molar-refractivity contribution < 1.29 is 9.90 Å². The molecule has 3 fully saturated rings. The Labute approximate surface area is 121 Å². The third kappa shape index (κ3) is 3.17. The Kier molecular flexibility index (Phi) is 4.32. The van der Waals surface area contributed by atoms with Crippen LogP contribution >= 0.6 is 0 Å². The maximum Gasteiger partial charge on any atom is 0.224 e. The molecule has 0 radical (unpaired) electrons. The number of nitrogens with one attached hydrogen (secondary N) is 1. The van der Waals surface area contributed by atoms with Crippen LogP contribution in [0.4, 0.5) is 0 Å². The molecule has 2 saturated carbocycles. The fourth-order valence-electron chi connectivity index (χ4n) is 3.94. The Balaban J connectivity index is 1.43. The Morgan fingerprint density at radius 2 is 1.90 bits per heavy atom. The second-order valence-corrected chi connectivity index (χ2v) is 7.07. The fourth-order valence-corrected chi connectivity index (χ4v) is 3.94. The zero-order chi connectivity index (χ0) is 14.0. The zero-order valence-corrected chi connectivity index (χ0v) is 12.4. The average Bonchev–Trinajstić information content (AvgIpc) is 2.93. The van der Waals surface area contributed by atoms with Gasteiger partial charge >= 0.3 is 0 Å². The highest BCUT2D eigenvalue weighted by Crippen LogP contribution is 2.31. The largest absolute Gasteiger partial charge is 0.388 e. The predicted molar refractivity (Wildman–Crippen MR) is 78.4 cm³/mol. The molecule has 1 saturated heterocycles. The Morgan fingerprint density at radius 1 is 1.15 bits per heavy atom. The molecule has 1 aliphatic heterocycles. The molecule has 0 aromatic heterocycles. The fraction of sp³-hybridized carbons (Fsp3) is 0.938. The van der Waals surface area contributed by atoms with E-state index < -0.39 is 5.60 Å². The minimum absolute atomic E-state index is 0.139. The quantitative estimate of drug-likeness (QED) is 0.823. The van der Waals surface area contributed by atoms with Crippen molar-refractivity contribution in [1.29, 1.82) is 0 Å². The molecule has 3 rings (SSSR count). The Bertz CT molecular complexity index is 348. The van der Waals surface area contributed by atoms with Crippen LogP contribution in [0.3, 0.4) is 0 Å². The van der Waals surface area contributed by atoms with Crippen LogP contribution in [0, 0.1) is 5.92 Å². The first kappa shape index (κ1) is 14.3. The maximum absolute atomic E-state index is 12.2. The molecule has 0 bridgehead atoms. The summed E-state index contributed by atoms with van der Waals surface area (Å²) in [6, 6.07) is 0.720. The van der Waals surface area contributed by atoms with Gasteiger partial charge in [0.2, 0.25) is 5.91 Å². The van der Waals surface area contributed by atoms with E-state index in [1.54, 1.807) is 0 Å². The number of carbonyl (C=O) groups excluding carboxylic acids is 1. The lowest BCUT2D eigenvalue weighted by molar-refractivity contribution is -0.127. The van der Waals surface area contributed by atoms with Crippen molar-refractivity contribution in [1.82, 2.24) is 10.2 Å². The second kappa shape index (κ2) is 6.02. The normalized spacial score (nSPS) is 30.9. The van der Waals surface area contributed by atoms with Crippen molar-refractivity contribution in [2.24, 2.45) is 5.92 Å². The van der Waals surface area contributed by atoms with Gasteiger partial charge in [-0.1, -0.05) is 19.3 Å². The number of aliphatic hydroxyl groups is 1. The van der Waals surface area contributed by atoms with Gasteiger partial charge in [0.25, 0.3) is 0 Å². The number of hydrogen-bond donors (Lipinski definition) is 2. The average molecular weight is 280 g/mol. The van der Waals surface area contributed by atoms with Crippen LogP contribution in [0.25, 0.3) is 0 Å². The van der Waals surface area contributed by atoms with E-state index in [2.05, 4.69) is 10.2 Å². The number of hydrogen-bond acceptors (Lipinski definition) is 3. The predicted octanol–water partition coefficient (Wildman–Crippen LogP) is 1.67. The van der Waals surface area contributed by atoms with Gasteiger partial charge in [-0.25, -0.2) is 0 Å². The summed E-state index contributed by atoms with van der Waals surface area (Å²) in [7, 11) is 0. The summed E-state index contributed by atoms with van der Waals surface area (Å²) in [5.74, 6) is 0.296. The number of nitrogens with zero attached hydrogens (tertiary/aromatic N) is 1. The van der Waals surface area contributed by atoms with Crippen LogP contribution in [-0.4, -0.2) is 47.2 Å². The summed E-state index contributed by atoms with van der Waals surface area (Å²) >= 11 is 0. The third-order valence-electron chi connectivity index (χ3n) is 5.56. The molecule has 3 aliphatic rings. The summed E-state index contributed by atoms with van der Waals surface area (Å²) in [6.07, 6.45) is 10.5. The van der Waals surface area contributed by atoms with E-state index in [-0.39, 0.29) is 11.8 Å². The van der Waals surface area contributed by atoms with E-state index in [4.69, 9.17) is 0 Å². The molecule has 1 unspecified atom stereocenters. The SMILES string of the molecule is O=C(NCC1(O)CCC1)C1CCN(C2CCCCC2)C1.